The van der Waals surface area contributed by atoms with E-state index in [4.69, 9.17) is 4.74 Å². The van der Waals surface area contributed by atoms with Gasteiger partial charge in [-0.1, -0.05) is 12.6 Å². The second-order valence-electron chi connectivity index (χ2n) is 7.14. The van der Waals surface area contributed by atoms with Gasteiger partial charge in [-0.15, -0.1) is 0 Å². The molecule has 26 heavy (non-hydrogen) atoms. The number of carbonyl (C=O) groups is 1. The van der Waals surface area contributed by atoms with Crippen LogP contribution in [0.15, 0.2) is 37.2 Å². The topological polar surface area (TPSA) is 60.3 Å². The Hall–Kier alpha value is -3.15. The summed E-state index contributed by atoms with van der Waals surface area (Å²) in [5, 5.41) is 0. The van der Waals surface area contributed by atoms with Gasteiger partial charge in [0.1, 0.15) is 17.4 Å². The molecule has 1 amide bonds. The molecule has 0 fully saturated rings. The summed E-state index contributed by atoms with van der Waals surface area (Å²) in [6.07, 6.45) is 4.06. The van der Waals surface area contributed by atoms with Gasteiger partial charge in [-0.3, -0.25) is 9.47 Å². The highest BCUT2D eigenvalue weighted by molar-refractivity contribution is 5.95. The van der Waals surface area contributed by atoms with E-state index in [0.29, 0.717) is 6.54 Å². The molecule has 0 bridgehead atoms. The Balaban J connectivity index is 1.83. The maximum absolute atomic E-state index is 12.4. The lowest BCUT2D eigenvalue weighted by molar-refractivity contribution is 0.0358. The number of cyclic esters (lactones) is 1. The quantitative estimate of drug-likeness (QED) is 0.708. The number of pyridine rings is 1. The zero-order chi connectivity index (χ0) is 18.1. The first kappa shape index (κ1) is 15.1. The molecule has 0 aliphatic carbocycles. The maximum atomic E-state index is 12.4. The highest BCUT2D eigenvalue weighted by atomic mass is 16.6. The van der Waals surface area contributed by atoms with Gasteiger partial charge in [-0.2, -0.15) is 0 Å². The highest BCUT2D eigenvalue weighted by Crippen LogP contribution is 2.47. The predicted molar refractivity (Wildman–Crippen MR) is 99.5 cm³/mol. The first-order valence-corrected chi connectivity index (χ1v) is 8.63. The van der Waals surface area contributed by atoms with Gasteiger partial charge in [0, 0.05) is 12.1 Å². The smallest absolute Gasteiger partial charge is 0.415 e. The minimum atomic E-state index is -0.731. The molecular weight excluding hydrogens is 328 g/mol. The van der Waals surface area contributed by atoms with E-state index in [1.54, 1.807) is 17.3 Å². The molecule has 130 valence electrons. The average Bonchev–Trinajstić information content (AvgIpc) is 3.23. The Morgan fingerprint density at radius 3 is 2.92 bits per heavy atom. The van der Waals surface area contributed by atoms with Crippen LogP contribution in [0.3, 0.4) is 0 Å². The zero-order valence-corrected chi connectivity index (χ0v) is 14.7. The van der Waals surface area contributed by atoms with Crippen molar-refractivity contribution < 1.29 is 9.53 Å². The van der Waals surface area contributed by atoms with Gasteiger partial charge in [0.2, 0.25) is 0 Å². The number of carbonyl (C=O) groups excluding carboxylic acids is 1. The lowest BCUT2D eigenvalue weighted by Crippen LogP contribution is -2.42. The van der Waals surface area contributed by atoms with Crippen LogP contribution in [-0.2, 0) is 16.8 Å². The van der Waals surface area contributed by atoms with Crippen molar-refractivity contribution in [3.63, 3.8) is 0 Å². The van der Waals surface area contributed by atoms with E-state index in [-0.39, 0.29) is 6.09 Å². The van der Waals surface area contributed by atoms with Crippen LogP contribution in [0.25, 0.3) is 22.9 Å². The zero-order valence-electron chi connectivity index (χ0n) is 14.7. The molecule has 0 radical (unpaired) electrons. The Labute approximate surface area is 150 Å². The Kier molecular flexibility index (Phi) is 2.88. The van der Waals surface area contributed by atoms with Crippen LogP contribution >= 0.6 is 0 Å². The van der Waals surface area contributed by atoms with Gasteiger partial charge in [-0.25, -0.2) is 14.8 Å². The minimum Gasteiger partial charge on any atom is -0.438 e. The van der Waals surface area contributed by atoms with Crippen molar-refractivity contribution in [2.45, 2.75) is 25.9 Å². The highest BCUT2D eigenvalue weighted by Gasteiger charge is 2.44. The number of nitrogens with zero attached hydrogens (tertiary/aromatic N) is 4. The number of hydrogen-bond donors (Lipinski definition) is 0. The molecule has 2 aliphatic rings. The third-order valence-electron chi connectivity index (χ3n) is 5.16. The largest absolute Gasteiger partial charge is 0.438 e. The summed E-state index contributed by atoms with van der Waals surface area (Å²) in [6.45, 7) is 8.32. The number of aromatic nitrogens is 3. The fourth-order valence-corrected chi connectivity index (χ4v) is 3.98. The first-order chi connectivity index (χ1) is 12.5. The molecule has 3 aromatic rings. The van der Waals surface area contributed by atoms with Crippen molar-refractivity contribution >= 4 is 29.0 Å². The molecule has 0 N–H and O–H groups in total. The number of rotatable bonds is 2. The molecule has 0 unspecified atom stereocenters. The number of benzene rings is 1. The minimum absolute atomic E-state index is 0.277. The summed E-state index contributed by atoms with van der Waals surface area (Å²) in [5.74, 6) is 0. The second-order valence-corrected chi connectivity index (χ2v) is 7.14. The first-order valence-electron chi connectivity index (χ1n) is 8.63. The number of fused-ring (bicyclic) bond motifs is 1. The third-order valence-corrected chi connectivity index (χ3v) is 5.16. The molecule has 1 aromatic carbocycles. The molecule has 0 atom stereocenters. The van der Waals surface area contributed by atoms with E-state index in [9.17, 15) is 4.79 Å². The van der Waals surface area contributed by atoms with E-state index in [2.05, 4.69) is 28.7 Å². The summed E-state index contributed by atoms with van der Waals surface area (Å²) in [7, 11) is 0. The molecule has 2 aliphatic heterocycles. The van der Waals surface area contributed by atoms with Crippen LogP contribution in [-0.4, -0.2) is 27.2 Å². The number of ether oxygens (including phenoxy) is 1. The lowest BCUT2D eigenvalue weighted by atomic mass is 9.90. The standard InChI is InChI=1S/C20H18N4O2/c1-4-13-6-7-14-18(22-13)24(11-21-14)15-8-5-12-9-10-23-17(12)16(15)20(2,3)26-19(23)25/h4-8,11H,1,9-10H2,2-3H3. The van der Waals surface area contributed by atoms with E-state index in [1.807, 2.05) is 30.5 Å². The fourth-order valence-electron chi connectivity index (χ4n) is 3.98. The molecule has 6 heteroatoms. The van der Waals surface area contributed by atoms with Gasteiger partial charge in [0.05, 0.1) is 17.1 Å². The average molecular weight is 346 g/mol. The molecule has 0 saturated carbocycles. The number of amides is 1. The summed E-state index contributed by atoms with van der Waals surface area (Å²) < 4.78 is 7.72. The fraction of sp³-hybridized carbons (Fsp3) is 0.250. The van der Waals surface area contributed by atoms with Crippen molar-refractivity contribution in [3.05, 3.63) is 54.0 Å². The van der Waals surface area contributed by atoms with E-state index < -0.39 is 5.60 Å². The van der Waals surface area contributed by atoms with E-state index >= 15 is 0 Å². The van der Waals surface area contributed by atoms with Crippen LogP contribution in [0, 0.1) is 0 Å². The van der Waals surface area contributed by atoms with Crippen LogP contribution in [0.4, 0.5) is 10.5 Å². The molecule has 0 spiro atoms. The van der Waals surface area contributed by atoms with Gasteiger partial charge in [0.25, 0.3) is 0 Å². The SMILES string of the molecule is C=Cc1ccc2ncn(-c3ccc4c5c3C(C)(C)OC(=O)N5CC4)c2n1. The molecule has 2 aromatic heterocycles. The van der Waals surface area contributed by atoms with Gasteiger partial charge in [0.15, 0.2) is 5.65 Å². The Morgan fingerprint density at radius 2 is 2.12 bits per heavy atom. The number of imidazole rings is 1. The summed E-state index contributed by atoms with van der Waals surface area (Å²) in [6, 6.07) is 7.99. The van der Waals surface area contributed by atoms with Gasteiger partial charge >= 0.3 is 6.09 Å². The van der Waals surface area contributed by atoms with E-state index in [1.165, 1.54) is 5.56 Å². The van der Waals surface area contributed by atoms with Crippen molar-refractivity contribution in [1.82, 2.24) is 14.5 Å². The number of anilines is 1. The monoisotopic (exact) mass is 346 g/mol. The van der Waals surface area contributed by atoms with Crippen LogP contribution in [0.5, 0.6) is 0 Å². The van der Waals surface area contributed by atoms with Crippen molar-refractivity contribution in [3.8, 4) is 5.69 Å². The van der Waals surface area contributed by atoms with Crippen molar-refractivity contribution in [2.24, 2.45) is 0 Å². The van der Waals surface area contributed by atoms with Crippen LogP contribution < -0.4 is 4.90 Å². The summed E-state index contributed by atoms with van der Waals surface area (Å²) >= 11 is 0. The molecule has 6 nitrogen and oxygen atoms in total. The summed E-state index contributed by atoms with van der Waals surface area (Å²) in [5.41, 5.74) is 5.72. The van der Waals surface area contributed by atoms with Crippen LogP contribution in [0.1, 0.15) is 30.7 Å². The molecule has 4 heterocycles. The van der Waals surface area contributed by atoms with Crippen LogP contribution in [0.2, 0.25) is 0 Å². The van der Waals surface area contributed by atoms with Gasteiger partial charge < -0.3 is 4.74 Å². The van der Waals surface area contributed by atoms with Crippen molar-refractivity contribution in [1.29, 1.82) is 0 Å². The maximum Gasteiger partial charge on any atom is 0.415 e. The summed E-state index contributed by atoms with van der Waals surface area (Å²) in [4.78, 5) is 23.3. The second kappa shape index (κ2) is 4.94. The molecular formula is C20H18N4O2. The van der Waals surface area contributed by atoms with Crippen molar-refractivity contribution in [2.75, 3.05) is 11.4 Å². The number of hydrogen-bond acceptors (Lipinski definition) is 4. The normalized spacial score (nSPS) is 17.3. The van der Waals surface area contributed by atoms with E-state index in [0.717, 1.165) is 40.2 Å². The molecule has 0 saturated heterocycles. The third kappa shape index (κ3) is 1.89. The molecule has 5 rings (SSSR count). The lowest BCUT2D eigenvalue weighted by Gasteiger charge is -2.38. The van der Waals surface area contributed by atoms with Gasteiger partial charge in [-0.05, 0) is 50.1 Å². The Morgan fingerprint density at radius 1 is 1.27 bits per heavy atom. The Bertz CT molecular complexity index is 1100. The predicted octanol–water partition coefficient (Wildman–Crippen LogP) is 3.81.